The summed E-state index contributed by atoms with van der Waals surface area (Å²) in [4.78, 5) is 34.9. The number of aromatic nitrogens is 2. The van der Waals surface area contributed by atoms with E-state index < -0.39 is 11.6 Å². The minimum Gasteiger partial charge on any atom is -0.453 e. The summed E-state index contributed by atoms with van der Waals surface area (Å²) >= 11 is 3.52. The van der Waals surface area contributed by atoms with Gasteiger partial charge >= 0.3 is 6.09 Å². The molecule has 8 heteroatoms. The number of H-pyrrole nitrogens is 1. The summed E-state index contributed by atoms with van der Waals surface area (Å²) in [5.74, 6) is 0.647. The maximum absolute atomic E-state index is 13.3. The van der Waals surface area contributed by atoms with Crippen LogP contribution in [0.3, 0.4) is 0 Å². The molecule has 0 bridgehead atoms. The Labute approximate surface area is 179 Å². The first-order valence-electron chi connectivity index (χ1n) is 9.78. The van der Waals surface area contributed by atoms with Gasteiger partial charge in [0.25, 0.3) is 0 Å². The minimum absolute atomic E-state index is 0.120. The van der Waals surface area contributed by atoms with Crippen LogP contribution in [0.15, 0.2) is 28.9 Å². The van der Waals surface area contributed by atoms with Crippen molar-refractivity contribution in [1.29, 1.82) is 0 Å². The summed E-state index contributed by atoms with van der Waals surface area (Å²) in [5.41, 5.74) is 1.99. The van der Waals surface area contributed by atoms with Gasteiger partial charge in [-0.05, 0) is 50.8 Å². The van der Waals surface area contributed by atoms with Crippen LogP contribution in [0.5, 0.6) is 0 Å². The highest BCUT2D eigenvalue weighted by atomic mass is 79.9. The van der Waals surface area contributed by atoms with Crippen molar-refractivity contribution in [2.24, 2.45) is 0 Å². The van der Waals surface area contributed by atoms with Crippen LogP contribution in [-0.4, -0.2) is 46.1 Å². The zero-order chi connectivity index (χ0) is 21.2. The van der Waals surface area contributed by atoms with Crippen molar-refractivity contribution in [2.75, 3.05) is 13.7 Å². The summed E-state index contributed by atoms with van der Waals surface area (Å²) in [5, 5.41) is 2.70. The maximum Gasteiger partial charge on any atom is 0.407 e. The molecule has 2 heterocycles. The van der Waals surface area contributed by atoms with E-state index in [-0.39, 0.29) is 11.9 Å². The van der Waals surface area contributed by atoms with Gasteiger partial charge in [0, 0.05) is 22.8 Å². The number of nitrogens with zero attached hydrogens (tertiary/aromatic N) is 2. The summed E-state index contributed by atoms with van der Waals surface area (Å²) in [6.45, 7) is 6.29. The molecular formula is C21H27BrN4O3. The molecule has 1 saturated heterocycles. The van der Waals surface area contributed by atoms with Crippen LogP contribution in [0.2, 0.25) is 0 Å². The Morgan fingerprint density at radius 2 is 2.21 bits per heavy atom. The summed E-state index contributed by atoms with van der Waals surface area (Å²) < 4.78 is 5.76. The Morgan fingerprint density at radius 3 is 2.86 bits per heavy atom. The monoisotopic (exact) mass is 462 g/mol. The van der Waals surface area contributed by atoms with Gasteiger partial charge in [0.15, 0.2) is 0 Å². The normalized spacial score (nSPS) is 18.4. The molecule has 0 spiro atoms. The Hall–Kier alpha value is -2.35. The van der Waals surface area contributed by atoms with E-state index in [0.717, 1.165) is 40.0 Å². The molecule has 156 valence electrons. The maximum atomic E-state index is 13.3. The number of aryl methyl sites for hydroxylation is 1. The third-order valence-electron chi connectivity index (χ3n) is 5.62. The lowest BCUT2D eigenvalue weighted by atomic mass is 9.96. The molecule has 1 aromatic heterocycles. The number of hydrogen-bond donors (Lipinski definition) is 2. The number of benzene rings is 1. The van der Waals surface area contributed by atoms with E-state index in [1.807, 2.05) is 37.1 Å². The van der Waals surface area contributed by atoms with Crippen molar-refractivity contribution in [2.45, 2.75) is 51.6 Å². The highest BCUT2D eigenvalue weighted by molar-refractivity contribution is 9.10. The lowest BCUT2D eigenvalue weighted by molar-refractivity contribution is -0.138. The van der Waals surface area contributed by atoms with E-state index in [9.17, 15) is 9.59 Å². The smallest absolute Gasteiger partial charge is 0.407 e. The van der Waals surface area contributed by atoms with Crippen LogP contribution in [0, 0.1) is 6.92 Å². The number of carbonyl (C=O) groups excluding carboxylic acids is 2. The highest BCUT2D eigenvalue weighted by Crippen LogP contribution is 2.34. The van der Waals surface area contributed by atoms with Gasteiger partial charge in [-0.25, -0.2) is 9.78 Å². The van der Waals surface area contributed by atoms with Crippen molar-refractivity contribution in [3.63, 3.8) is 0 Å². The third kappa shape index (κ3) is 4.32. The molecule has 0 radical (unpaired) electrons. The first kappa shape index (κ1) is 21.4. The third-order valence-corrected chi connectivity index (χ3v) is 6.51. The Balaban J connectivity index is 1.83. The van der Waals surface area contributed by atoms with Crippen LogP contribution in [-0.2, 0) is 9.53 Å². The van der Waals surface area contributed by atoms with E-state index in [0.29, 0.717) is 13.0 Å². The number of alkyl carbamates (subject to hydrolysis) is 1. The number of imidazole rings is 1. The number of amides is 2. The van der Waals surface area contributed by atoms with Crippen LogP contribution >= 0.6 is 15.9 Å². The van der Waals surface area contributed by atoms with Gasteiger partial charge in [0.05, 0.1) is 18.8 Å². The minimum atomic E-state index is -1.02. The Morgan fingerprint density at radius 1 is 1.45 bits per heavy atom. The van der Waals surface area contributed by atoms with E-state index in [2.05, 4.69) is 32.3 Å². The molecule has 29 heavy (non-hydrogen) atoms. The summed E-state index contributed by atoms with van der Waals surface area (Å²) in [7, 11) is 1.29. The molecule has 7 nitrogen and oxygen atoms in total. The number of hydrogen-bond acceptors (Lipinski definition) is 4. The van der Waals surface area contributed by atoms with Gasteiger partial charge < -0.3 is 19.9 Å². The van der Waals surface area contributed by atoms with E-state index >= 15 is 0 Å². The van der Waals surface area contributed by atoms with Gasteiger partial charge in [0.1, 0.15) is 11.4 Å². The first-order valence-corrected chi connectivity index (χ1v) is 10.6. The molecule has 2 amide bonds. The number of methoxy groups -OCH3 is 1. The Kier molecular flexibility index (Phi) is 6.31. The van der Waals surface area contributed by atoms with Crippen LogP contribution in [0.25, 0.3) is 11.3 Å². The van der Waals surface area contributed by atoms with E-state index in [1.165, 1.54) is 7.11 Å². The molecule has 1 aromatic carbocycles. The Bertz CT molecular complexity index is 913. The zero-order valence-electron chi connectivity index (χ0n) is 17.2. The number of halogens is 1. The predicted octanol–water partition coefficient (Wildman–Crippen LogP) is 4.34. The molecule has 1 fully saturated rings. The fourth-order valence-corrected chi connectivity index (χ4v) is 3.89. The number of nitrogens with one attached hydrogen (secondary N) is 2. The van der Waals surface area contributed by atoms with Gasteiger partial charge in [-0.2, -0.15) is 0 Å². The lowest BCUT2D eigenvalue weighted by Gasteiger charge is -2.34. The van der Waals surface area contributed by atoms with E-state index in [1.54, 1.807) is 6.92 Å². The van der Waals surface area contributed by atoms with Crippen molar-refractivity contribution in [3.05, 3.63) is 40.3 Å². The fourth-order valence-electron chi connectivity index (χ4n) is 3.64. The SMILES string of the molecule is CC[C@](C)(NC(=O)OC)C(=O)N1CCCC1c1nc(-c2ccc(Br)c(C)c2)c[nH]1. The van der Waals surface area contributed by atoms with Gasteiger partial charge in [-0.15, -0.1) is 0 Å². The number of ether oxygens (including phenoxy) is 1. The number of carbonyl (C=O) groups is 2. The molecular weight excluding hydrogens is 436 g/mol. The second-order valence-corrected chi connectivity index (χ2v) is 8.45. The quantitative estimate of drug-likeness (QED) is 0.691. The average Bonchev–Trinajstić information content (AvgIpc) is 3.38. The van der Waals surface area contributed by atoms with Crippen LogP contribution in [0.4, 0.5) is 4.79 Å². The van der Waals surface area contributed by atoms with Crippen molar-refractivity contribution >= 4 is 27.9 Å². The number of likely N-dealkylation sites (tertiary alicyclic amines) is 1. The molecule has 2 atom stereocenters. The summed E-state index contributed by atoms with van der Waals surface area (Å²) in [6, 6.07) is 5.97. The van der Waals surface area contributed by atoms with Gasteiger partial charge in [0.2, 0.25) is 5.91 Å². The van der Waals surface area contributed by atoms with Crippen molar-refractivity contribution in [1.82, 2.24) is 20.2 Å². The molecule has 1 aliphatic heterocycles. The van der Waals surface area contributed by atoms with Crippen molar-refractivity contribution < 1.29 is 14.3 Å². The standard InChI is InChI=1S/C21H27BrN4O3/c1-5-21(3,25-20(28)29-4)19(27)26-10-6-7-17(26)18-23-12-16(24-18)14-8-9-15(22)13(2)11-14/h8-9,11-12,17H,5-7,10H2,1-4H3,(H,23,24)(H,25,28)/t17?,21-/m0/s1. The number of rotatable bonds is 5. The fraction of sp³-hybridized carbons (Fsp3) is 0.476. The molecule has 1 unspecified atom stereocenters. The lowest BCUT2D eigenvalue weighted by Crippen LogP contribution is -2.57. The molecule has 0 aliphatic carbocycles. The molecule has 3 rings (SSSR count). The van der Waals surface area contributed by atoms with Crippen molar-refractivity contribution in [3.8, 4) is 11.3 Å². The summed E-state index contributed by atoms with van der Waals surface area (Å²) in [6.07, 6.45) is 3.46. The predicted molar refractivity (Wildman–Crippen MR) is 114 cm³/mol. The average molecular weight is 463 g/mol. The van der Waals surface area contributed by atoms with Crippen LogP contribution in [0.1, 0.15) is 50.5 Å². The second kappa shape index (κ2) is 8.57. The molecule has 2 N–H and O–H groups in total. The van der Waals surface area contributed by atoms with Gasteiger partial charge in [-0.3, -0.25) is 4.79 Å². The highest BCUT2D eigenvalue weighted by Gasteiger charge is 2.42. The largest absolute Gasteiger partial charge is 0.453 e. The first-order chi connectivity index (χ1) is 13.8. The zero-order valence-corrected chi connectivity index (χ0v) is 18.8. The van der Waals surface area contributed by atoms with Crippen LogP contribution < -0.4 is 5.32 Å². The molecule has 1 aliphatic rings. The number of aromatic amines is 1. The van der Waals surface area contributed by atoms with Gasteiger partial charge in [-0.1, -0.05) is 28.9 Å². The topological polar surface area (TPSA) is 87.3 Å². The van der Waals surface area contributed by atoms with E-state index in [4.69, 9.17) is 9.72 Å². The molecule has 2 aromatic rings. The second-order valence-electron chi connectivity index (χ2n) is 7.59. The molecule has 0 saturated carbocycles.